The van der Waals surface area contributed by atoms with Crippen molar-refractivity contribution in [2.45, 2.75) is 18.2 Å². The van der Waals surface area contributed by atoms with Gasteiger partial charge in [-0.3, -0.25) is 0 Å². The van der Waals surface area contributed by atoms with Crippen molar-refractivity contribution in [1.29, 1.82) is 5.26 Å². The molecule has 3 aromatic rings. The summed E-state index contributed by atoms with van der Waals surface area (Å²) in [5, 5.41) is 26.2. The molecule has 1 aromatic heterocycles. The lowest BCUT2D eigenvalue weighted by atomic mass is 9.86. The van der Waals surface area contributed by atoms with E-state index in [4.69, 9.17) is 33.1 Å². The summed E-state index contributed by atoms with van der Waals surface area (Å²) in [6, 6.07) is 9.66. The normalized spacial score (nSPS) is 17.9. The van der Waals surface area contributed by atoms with E-state index < -0.39 is 24.2 Å². The zero-order valence-electron chi connectivity index (χ0n) is 16.3. The molecule has 0 bridgehead atoms. The zero-order valence-corrected chi connectivity index (χ0v) is 17.8. The van der Waals surface area contributed by atoms with Crippen LogP contribution in [0.25, 0.3) is 5.69 Å². The molecule has 2 heterocycles. The first-order valence-electron chi connectivity index (χ1n) is 9.15. The number of hydrogen-bond acceptors (Lipinski definition) is 5. The van der Waals surface area contributed by atoms with Gasteiger partial charge < -0.3 is 9.94 Å². The fourth-order valence-electron chi connectivity index (χ4n) is 3.42. The van der Waals surface area contributed by atoms with Crippen molar-refractivity contribution >= 4 is 34.9 Å². The molecule has 33 heavy (non-hydrogen) atoms. The SMILES string of the molecule is N#Cc1cc(C2=NOC(c3cc(Cl)cc(Cl)c3)(C(F)(F)F)C2)ccc1-n1cc(C(=O)O)cn1. The molecule has 0 amide bonds. The third-order valence-electron chi connectivity index (χ3n) is 5.04. The summed E-state index contributed by atoms with van der Waals surface area (Å²) in [5.74, 6) is -1.20. The van der Waals surface area contributed by atoms with Crippen LogP contribution in [0.4, 0.5) is 13.2 Å². The quantitative estimate of drug-likeness (QED) is 0.528. The number of aromatic nitrogens is 2. The first-order valence-corrected chi connectivity index (χ1v) is 9.91. The Labute approximate surface area is 194 Å². The minimum atomic E-state index is -4.85. The van der Waals surface area contributed by atoms with E-state index in [0.29, 0.717) is 0 Å². The van der Waals surface area contributed by atoms with E-state index in [2.05, 4.69) is 10.3 Å². The molecule has 1 aliphatic rings. The molecule has 1 aliphatic heterocycles. The summed E-state index contributed by atoms with van der Waals surface area (Å²) < 4.78 is 43.7. The van der Waals surface area contributed by atoms with Gasteiger partial charge in [0.15, 0.2) is 0 Å². The van der Waals surface area contributed by atoms with Gasteiger partial charge in [-0.2, -0.15) is 23.5 Å². The molecular formula is C21H11Cl2F3N4O3. The lowest BCUT2D eigenvalue weighted by molar-refractivity contribution is -0.275. The number of hydrogen-bond donors (Lipinski definition) is 1. The van der Waals surface area contributed by atoms with Crippen molar-refractivity contribution in [3.63, 3.8) is 0 Å². The average Bonchev–Trinajstić information content (AvgIpc) is 3.41. The molecule has 0 saturated heterocycles. The van der Waals surface area contributed by atoms with Gasteiger partial charge in [-0.25, -0.2) is 9.48 Å². The van der Waals surface area contributed by atoms with Crippen LogP contribution in [-0.2, 0) is 10.4 Å². The number of aromatic carboxylic acids is 1. The monoisotopic (exact) mass is 494 g/mol. The van der Waals surface area contributed by atoms with E-state index in [9.17, 15) is 23.2 Å². The molecule has 1 atom stereocenters. The van der Waals surface area contributed by atoms with Crippen molar-refractivity contribution < 1.29 is 27.9 Å². The largest absolute Gasteiger partial charge is 0.478 e. The lowest BCUT2D eigenvalue weighted by Gasteiger charge is -2.29. The third kappa shape index (κ3) is 4.01. The van der Waals surface area contributed by atoms with Gasteiger partial charge in [0, 0.05) is 33.8 Å². The fourth-order valence-corrected chi connectivity index (χ4v) is 3.94. The van der Waals surface area contributed by atoms with Gasteiger partial charge in [0.05, 0.1) is 28.7 Å². The second kappa shape index (κ2) is 8.10. The van der Waals surface area contributed by atoms with Gasteiger partial charge >= 0.3 is 12.1 Å². The number of halogens is 5. The van der Waals surface area contributed by atoms with Crippen LogP contribution in [0.1, 0.15) is 33.5 Å². The van der Waals surface area contributed by atoms with Crippen molar-refractivity contribution in [1.82, 2.24) is 9.78 Å². The van der Waals surface area contributed by atoms with Crippen LogP contribution in [0, 0.1) is 11.3 Å². The molecule has 2 aromatic carbocycles. The molecule has 1 N–H and O–H groups in total. The number of alkyl halides is 3. The standard InChI is InChI=1S/C21H11Cl2F3N4O3/c22-15-4-14(5-16(23)6-15)20(21(24,25)26)7-17(29-33-20)11-1-2-18(12(3-11)8-27)30-10-13(9-28-30)19(31)32/h1-6,9-10H,7H2,(H,31,32). The maximum absolute atomic E-state index is 14.2. The molecule has 168 valence electrons. The van der Waals surface area contributed by atoms with E-state index in [-0.39, 0.29) is 43.7 Å². The van der Waals surface area contributed by atoms with Gasteiger partial charge in [0.25, 0.3) is 5.60 Å². The molecule has 0 saturated carbocycles. The Hall–Kier alpha value is -3.55. The van der Waals surface area contributed by atoms with Crippen molar-refractivity contribution in [3.8, 4) is 11.8 Å². The molecule has 4 rings (SSSR count). The Morgan fingerprint density at radius 3 is 2.48 bits per heavy atom. The van der Waals surface area contributed by atoms with Crippen LogP contribution in [0.5, 0.6) is 0 Å². The van der Waals surface area contributed by atoms with Gasteiger partial charge in [0.2, 0.25) is 0 Å². The Balaban J connectivity index is 1.71. The number of rotatable bonds is 4. The minimum Gasteiger partial charge on any atom is -0.478 e. The number of nitrogens with zero attached hydrogens (tertiary/aromatic N) is 4. The van der Waals surface area contributed by atoms with Crippen LogP contribution >= 0.6 is 23.2 Å². The van der Waals surface area contributed by atoms with Crippen LogP contribution in [-0.4, -0.2) is 32.7 Å². The zero-order chi connectivity index (χ0) is 24.0. The number of carboxylic acids is 1. The maximum Gasteiger partial charge on any atom is 0.435 e. The summed E-state index contributed by atoms with van der Waals surface area (Å²) in [7, 11) is 0. The Morgan fingerprint density at radius 2 is 1.91 bits per heavy atom. The van der Waals surface area contributed by atoms with Crippen molar-refractivity contribution in [2.24, 2.45) is 5.16 Å². The summed E-state index contributed by atoms with van der Waals surface area (Å²) in [5.41, 5.74) is -2.73. The van der Waals surface area contributed by atoms with Crippen molar-refractivity contribution in [3.05, 3.63) is 81.1 Å². The topological polar surface area (TPSA) is 100 Å². The Kier molecular flexibility index (Phi) is 5.56. The Morgan fingerprint density at radius 1 is 1.21 bits per heavy atom. The number of oxime groups is 1. The molecule has 0 fully saturated rings. The first kappa shape index (κ1) is 22.6. The molecule has 0 spiro atoms. The molecule has 1 unspecified atom stereocenters. The summed E-state index contributed by atoms with van der Waals surface area (Å²) in [6.45, 7) is 0. The van der Waals surface area contributed by atoms with E-state index in [0.717, 1.165) is 18.3 Å². The summed E-state index contributed by atoms with van der Waals surface area (Å²) in [4.78, 5) is 16.0. The van der Waals surface area contributed by atoms with Crippen LogP contribution in [0.3, 0.4) is 0 Å². The van der Waals surface area contributed by atoms with Crippen LogP contribution in [0.15, 0.2) is 53.9 Å². The smallest absolute Gasteiger partial charge is 0.435 e. The second-order valence-electron chi connectivity index (χ2n) is 7.11. The van der Waals surface area contributed by atoms with Crippen molar-refractivity contribution in [2.75, 3.05) is 0 Å². The van der Waals surface area contributed by atoms with E-state index >= 15 is 0 Å². The maximum atomic E-state index is 14.2. The van der Waals surface area contributed by atoms with E-state index in [1.165, 1.54) is 35.1 Å². The first-order chi connectivity index (χ1) is 15.5. The molecule has 0 aliphatic carbocycles. The van der Waals surface area contributed by atoms with Crippen LogP contribution < -0.4 is 0 Å². The highest BCUT2D eigenvalue weighted by molar-refractivity contribution is 6.34. The molecule has 7 nitrogen and oxygen atoms in total. The lowest BCUT2D eigenvalue weighted by Crippen LogP contribution is -2.42. The van der Waals surface area contributed by atoms with Crippen LogP contribution in [0.2, 0.25) is 10.0 Å². The number of benzene rings is 2. The number of nitriles is 1. The Bertz CT molecular complexity index is 1330. The highest BCUT2D eigenvalue weighted by atomic mass is 35.5. The van der Waals surface area contributed by atoms with Gasteiger partial charge in [-0.15, -0.1) is 0 Å². The third-order valence-corrected chi connectivity index (χ3v) is 5.48. The predicted octanol–water partition coefficient (Wildman–Crippen LogP) is 5.33. The molecular weight excluding hydrogens is 484 g/mol. The van der Waals surface area contributed by atoms with Gasteiger partial charge in [-0.05, 0) is 30.3 Å². The molecule has 12 heteroatoms. The number of carboxylic acid groups (broad SMARTS) is 1. The van der Waals surface area contributed by atoms with E-state index in [1.807, 2.05) is 6.07 Å². The minimum absolute atomic E-state index is 0.00856. The predicted molar refractivity (Wildman–Crippen MR) is 112 cm³/mol. The highest BCUT2D eigenvalue weighted by Crippen LogP contribution is 2.49. The average molecular weight is 495 g/mol. The summed E-state index contributed by atoms with van der Waals surface area (Å²) in [6.07, 6.45) is -3.21. The van der Waals surface area contributed by atoms with Gasteiger partial charge in [-0.1, -0.05) is 34.4 Å². The van der Waals surface area contributed by atoms with Gasteiger partial charge in [0.1, 0.15) is 6.07 Å². The van der Waals surface area contributed by atoms with E-state index in [1.54, 1.807) is 0 Å². The number of carbonyl (C=O) groups is 1. The summed E-state index contributed by atoms with van der Waals surface area (Å²) >= 11 is 11.8. The highest BCUT2D eigenvalue weighted by Gasteiger charge is 2.62. The second-order valence-corrected chi connectivity index (χ2v) is 7.98. The fraction of sp³-hybridized carbons (Fsp3) is 0.143. The molecule has 0 radical (unpaired) electrons.